The van der Waals surface area contributed by atoms with Gasteiger partial charge in [0, 0.05) is 22.4 Å². The van der Waals surface area contributed by atoms with Crippen molar-refractivity contribution in [2.24, 2.45) is 5.92 Å². The van der Waals surface area contributed by atoms with Gasteiger partial charge in [0.15, 0.2) is 0 Å². The van der Waals surface area contributed by atoms with Crippen molar-refractivity contribution in [1.29, 1.82) is 0 Å². The van der Waals surface area contributed by atoms with Crippen molar-refractivity contribution in [3.63, 3.8) is 0 Å². The maximum Gasteiger partial charge on any atom is 0.348 e. The highest BCUT2D eigenvalue weighted by Crippen LogP contribution is 2.42. The van der Waals surface area contributed by atoms with E-state index in [0.717, 1.165) is 36.1 Å². The Kier molecular flexibility index (Phi) is 5.74. The highest BCUT2D eigenvalue weighted by atomic mass is 35.5. The Morgan fingerprint density at radius 2 is 1.79 bits per heavy atom. The van der Waals surface area contributed by atoms with E-state index in [2.05, 4.69) is 0 Å². The van der Waals surface area contributed by atoms with Gasteiger partial charge in [-0.2, -0.15) is 0 Å². The van der Waals surface area contributed by atoms with Crippen molar-refractivity contribution < 1.29 is 14.7 Å². The summed E-state index contributed by atoms with van der Waals surface area (Å²) < 4.78 is 0. The first-order chi connectivity index (χ1) is 13.5. The zero-order valence-corrected chi connectivity index (χ0v) is 17.3. The monoisotopic (exact) mass is 417 g/mol. The smallest absolute Gasteiger partial charge is 0.348 e. The molecule has 1 amide bonds. The number of halogens is 1. The summed E-state index contributed by atoms with van der Waals surface area (Å²) in [6.45, 7) is 0. The maximum absolute atomic E-state index is 12.9. The molecule has 0 radical (unpaired) electrons. The van der Waals surface area contributed by atoms with Crippen LogP contribution in [0.1, 0.15) is 61.0 Å². The predicted molar refractivity (Wildman–Crippen MR) is 113 cm³/mol. The SMILES string of the molecule is O=C(O)c1sc(-c2ccc(Cl)cc2)cc1N1C(=O)CCCC1C1CCCCC1. The first-order valence-electron chi connectivity index (χ1n) is 9.99. The Balaban J connectivity index is 1.75. The van der Waals surface area contributed by atoms with Crippen LogP contribution in [0.3, 0.4) is 0 Å². The van der Waals surface area contributed by atoms with Crippen molar-refractivity contribution in [2.45, 2.75) is 57.4 Å². The first kappa shape index (κ1) is 19.5. The van der Waals surface area contributed by atoms with Crippen molar-refractivity contribution >= 4 is 40.5 Å². The fourth-order valence-corrected chi connectivity index (χ4v) is 5.76. The Labute approximate surface area is 174 Å². The second kappa shape index (κ2) is 8.26. The Morgan fingerprint density at radius 1 is 1.07 bits per heavy atom. The van der Waals surface area contributed by atoms with E-state index >= 15 is 0 Å². The third kappa shape index (κ3) is 3.83. The van der Waals surface area contributed by atoms with Gasteiger partial charge in [0.05, 0.1) is 5.69 Å². The van der Waals surface area contributed by atoms with Crippen LogP contribution in [0.2, 0.25) is 5.02 Å². The molecule has 2 fully saturated rings. The minimum atomic E-state index is -0.971. The number of carboxylic acids is 1. The molecule has 2 heterocycles. The van der Waals surface area contributed by atoms with Crippen molar-refractivity contribution in [1.82, 2.24) is 0 Å². The lowest BCUT2D eigenvalue weighted by atomic mass is 9.79. The number of thiophene rings is 1. The molecule has 28 heavy (non-hydrogen) atoms. The summed E-state index contributed by atoms with van der Waals surface area (Å²) in [5.41, 5.74) is 1.49. The zero-order valence-electron chi connectivity index (χ0n) is 15.7. The second-order valence-electron chi connectivity index (χ2n) is 7.76. The molecule has 148 valence electrons. The van der Waals surface area contributed by atoms with Crippen molar-refractivity contribution in [3.8, 4) is 10.4 Å². The molecular weight excluding hydrogens is 394 g/mol. The van der Waals surface area contributed by atoms with E-state index in [1.807, 2.05) is 23.1 Å². The molecule has 0 spiro atoms. The minimum absolute atomic E-state index is 0.0600. The first-order valence-corrected chi connectivity index (χ1v) is 11.2. The van der Waals surface area contributed by atoms with Gasteiger partial charge in [-0.3, -0.25) is 4.79 Å². The lowest BCUT2D eigenvalue weighted by molar-refractivity contribution is -0.120. The summed E-state index contributed by atoms with van der Waals surface area (Å²) in [6.07, 6.45) is 8.28. The Morgan fingerprint density at radius 3 is 2.46 bits per heavy atom. The van der Waals surface area contributed by atoms with Gasteiger partial charge in [-0.15, -0.1) is 11.3 Å². The number of amides is 1. The average Bonchev–Trinajstić information content (AvgIpc) is 3.14. The van der Waals surface area contributed by atoms with Crippen LogP contribution in [0.15, 0.2) is 30.3 Å². The summed E-state index contributed by atoms with van der Waals surface area (Å²) in [5, 5.41) is 10.5. The molecular formula is C22H24ClNO3S. The fourth-order valence-electron chi connectivity index (χ4n) is 4.65. The van der Waals surface area contributed by atoms with Crippen LogP contribution in [0.4, 0.5) is 5.69 Å². The fraction of sp³-hybridized carbons (Fsp3) is 0.455. The Hall–Kier alpha value is -1.85. The van der Waals surface area contributed by atoms with Gasteiger partial charge < -0.3 is 10.0 Å². The number of hydrogen-bond donors (Lipinski definition) is 1. The largest absolute Gasteiger partial charge is 0.477 e. The van der Waals surface area contributed by atoms with E-state index in [0.29, 0.717) is 23.0 Å². The molecule has 4 rings (SSSR count). The number of hydrogen-bond acceptors (Lipinski definition) is 3. The molecule has 2 aliphatic rings. The average molecular weight is 418 g/mol. The lowest BCUT2D eigenvalue weighted by Gasteiger charge is -2.41. The van der Waals surface area contributed by atoms with Crippen LogP contribution in [-0.4, -0.2) is 23.0 Å². The van der Waals surface area contributed by atoms with Gasteiger partial charge in [0.2, 0.25) is 5.91 Å². The summed E-state index contributed by atoms with van der Waals surface area (Å²) in [4.78, 5) is 27.9. The van der Waals surface area contributed by atoms with Gasteiger partial charge in [0.1, 0.15) is 4.88 Å². The van der Waals surface area contributed by atoms with E-state index in [1.54, 1.807) is 12.1 Å². The Bertz CT molecular complexity index is 870. The number of carbonyl (C=O) groups is 2. The van der Waals surface area contributed by atoms with Crippen LogP contribution in [0.5, 0.6) is 0 Å². The van der Waals surface area contributed by atoms with E-state index in [9.17, 15) is 14.7 Å². The summed E-state index contributed by atoms with van der Waals surface area (Å²) in [7, 11) is 0. The number of carbonyl (C=O) groups excluding carboxylic acids is 1. The van der Waals surface area contributed by atoms with Gasteiger partial charge >= 0.3 is 5.97 Å². The third-order valence-electron chi connectivity index (χ3n) is 5.98. The molecule has 0 bridgehead atoms. The summed E-state index contributed by atoms with van der Waals surface area (Å²) in [5.74, 6) is -0.440. The second-order valence-corrected chi connectivity index (χ2v) is 9.25. The highest BCUT2D eigenvalue weighted by Gasteiger charge is 2.38. The number of anilines is 1. The third-order valence-corrected chi connectivity index (χ3v) is 7.39. The summed E-state index contributed by atoms with van der Waals surface area (Å²) >= 11 is 7.22. The molecule has 1 atom stereocenters. The van der Waals surface area contributed by atoms with E-state index in [4.69, 9.17) is 11.6 Å². The van der Waals surface area contributed by atoms with Crippen LogP contribution in [0, 0.1) is 5.92 Å². The molecule has 6 heteroatoms. The van der Waals surface area contributed by atoms with Gasteiger partial charge in [0.25, 0.3) is 0 Å². The van der Waals surface area contributed by atoms with E-state index < -0.39 is 5.97 Å². The summed E-state index contributed by atoms with van der Waals surface area (Å²) in [6, 6.07) is 9.38. The number of carboxylic acid groups (broad SMARTS) is 1. The molecule has 1 aliphatic carbocycles. The molecule has 1 saturated carbocycles. The molecule has 1 aliphatic heterocycles. The molecule has 2 aromatic rings. The number of rotatable bonds is 4. The molecule has 1 aromatic heterocycles. The number of benzene rings is 1. The standard InChI is InChI=1S/C22H24ClNO3S/c23-16-11-9-15(10-12-16)19-13-18(21(28-19)22(26)27)24-17(7-4-8-20(24)25)14-5-2-1-3-6-14/h9-14,17H,1-8H2,(H,26,27). The number of nitrogens with zero attached hydrogens (tertiary/aromatic N) is 1. The quantitative estimate of drug-likeness (QED) is 0.641. The zero-order chi connectivity index (χ0) is 19.7. The minimum Gasteiger partial charge on any atom is -0.477 e. The molecule has 4 nitrogen and oxygen atoms in total. The molecule has 1 N–H and O–H groups in total. The topological polar surface area (TPSA) is 57.6 Å². The van der Waals surface area contributed by atoms with Crippen LogP contribution >= 0.6 is 22.9 Å². The van der Waals surface area contributed by atoms with Crippen molar-refractivity contribution in [2.75, 3.05) is 4.90 Å². The van der Waals surface area contributed by atoms with Gasteiger partial charge in [-0.25, -0.2) is 4.79 Å². The maximum atomic E-state index is 12.9. The normalized spacial score (nSPS) is 21.1. The van der Waals surface area contributed by atoms with Crippen LogP contribution in [0.25, 0.3) is 10.4 Å². The number of piperidine rings is 1. The molecule has 1 saturated heterocycles. The predicted octanol–water partition coefficient (Wildman–Crippen LogP) is 6.23. The number of aromatic carboxylic acids is 1. The van der Waals surface area contributed by atoms with Gasteiger partial charge in [-0.05, 0) is 55.4 Å². The highest BCUT2D eigenvalue weighted by molar-refractivity contribution is 7.18. The van der Waals surface area contributed by atoms with E-state index in [-0.39, 0.29) is 16.8 Å². The molecule has 1 unspecified atom stereocenters. The van der Waals surface area contributed by atoms with Gasteiger partial charge in [-0.1, -0.05) is 43.0 Å². The van der Waals surface area contributed by atoms with Crippen LogP contribution < -0.4 is 4.90 Å². The van der Waals surface area contributed by atoms with Crippen LogP contribution in [-0.2, 0) is 4.79 Å². The van der Waals surface area contributed by atoms with E-state index in [1.165, 1.54) is 30.6 Å². The molecule has 1 aromatic carbocycles. The van der Waals surface area contributed by atoms with Crippen molar-refractivity contribution in [3.05, 3.63) is 40.2 Å². The lowest BCUT2D eigenvalue weighted by Crippen LogP contribution is -2.48.